The SMILES string of the molecule is CCCCn1c(-c2ccccc2)nc(C(F)(F)F)c1CN(Cc1ccc(C(=O)O)cc1)CC(C)C. The minimum absolute atomic E-state index is 0.0806. The second kappa shape index (κ2) is 11.5. The van der Waals surface area contributed by atoms with Crippen molar-refractivity contribution in [2.75, 3.05) is 6.54 Å². The number of nitrogens with zero attached hydrogens (tertiary/aromatic N) is 3. The summed E-state index contributed by atoms with van der Waals surface area (Å²) in [6.07, 6.45) is -3.00. The number of carbonyl (C=O) groups is 1. The lowest BCUT2D eigenvalue weighted by Gasteiger charge is -2.26. The van der Waals surface area contributed by atoms with Crippen molar-refractivity contribution < 1.29 is 23.1 Å². The molecule has 0 saturated carbocycles. The van der Waals surface area contributed by atoms with Gasteiger partial charge in [-0.2, -0.15) is 13.2 Å². The first-order chi connectivity index (χ1) is 16.6. The van der Waals surface area contributed by atoms with Gasteiger partial charge in [0.15, 0.2) is 5.69 Å². The maximum atomic E-state index is 14.2. The summed E-state index contributed by atoms with van der Waals surface area (Å²) in [6, 6.07) is 15.5. The van der Waals surface area contributed by atoms with Crippen LogP contribution in [0.5, 0.6) is 0 Å². The first kappa shape index (κ1) is 26.5. The lowest BCUT2D eigenvalue weighted by atomic mass is 10.1. The van der Waals surface area contributed by atoms with E-state index in [9.17, 15) is 18.0 Å². The average Bonchev–Trinajstić information content (AvgIpc) is 3.16. The van der Waals surface area contributed by atoms with Crippen LogP contribution in [0.1, 0.15) is 60.9 Å². The van der Waals surface area contributed by atoms with Crippen LogP contribution in [0, 0.1) is 5.92 Å². The highest BCUT2D eigenvalue weighted by atomic mass is 19.4. The van der Waals surface area contributed by atoms with Gasteiger partial charge in [-0.05, 0) is 30.0 Å². The molecule has 0 aliphatic rings. The Balaban J connectivity index is 2.04. The second-order valence-electron chi connectivity index (χ2n) is 9.17. The highest BCUT2D eigenvalue weighted by Gasteiger charge is 2.39. The van der Waals surface area contributed by atoms with Crippen LogP contribution in [0.15, 0.2) is 54.6 Å². The topological polar surface area (TPSA) is 58.4 Å². The molecule has 8 heteroatoms. The Bertz CT molecular complexity index is 1110. The maximum Gasteiger partial charge on any atom is 0.435 e. The van der Waals surface area contributed by atoms with E-state index in [1.807, 2.05) is 31.7 Å². The van der Waals surface area contributed by atoms with Crippen LogP contribution in [-0.2, 0) is 25.8 Å². The monoisotopic (exact) mass is 487 g/mol. The van der Waals surface area contributed by atoms with Crippen molar-refractivity contribution in [3.63, 3.8) is 0 Å². The highest BCUT2D eigenvalue weighted by Crippen LogP contribution is 2.36. The number of unbranched alkanes of at least 4 members (excludes halogenated alkanes) is 1. The molecular weight excluding hydrogens is 455 g/mol. The quantitative estimate of drug-likeness (QED) is 0.326. The molecule has 188 valence electrons. The fourth-order valence-corrected chi connectivity index (χ4v) is 4.16. The lowest BCUT2D eigenvalue weighted by molar-refractivity contribution is -0.141. The molecule has 2 aromatic carbocycles. The fraction of sp³-hybridized carbons (Fsp3) is 0.407. The fourth-order valence-electron chi connectivity index (χ4n) is 4.16. The molecule has 3 aromatic rings. The maximum absolute atomic E-state index is 14.2. The third-order valence-electron chi connectivity index (χ3n) is 5.71. The Hall–Kier alpha value is -3.13. The van der Waals surface area contributed by atoms with Gasteiger partial charge in [-0.15, -0.1) is 0 Å². The van der Waals surface area contributed by atoms with E-state index in [0.717, 1.165) is 18.4 Å². The molecule has 3 rings (SSSR count). The normalized spacial score (nSPS) is 12.0. The van der Waals surface area contributed by atoms with Gasteiger partial charge in [0.1, 0.15) is 5.82 Å². The van der Waals surface area contributed by atoms with Crippen LogP contribution in [0.25, 0.3) is 11.4 Å². The van der Waals surface area contributed by atoms with Crippen LogP contribution < -0.4 is 0 Å². The Morgan fingerprint density at radius 2 is 1.71 bits per heavy atom. The van der Waals surface area contributed by atoms with E-state index >= 15 is 0 Å². The van der Waals surface area contributed by atoms with Gasteiger partial charge in [0.25, 0.3) is 0 Å². The standard InChI is InChI=1S/C27H32F3N3O2/c1-4-5-15-33-23(24(27(28,29)30)31-25(33)21-9-7-6-8-10-21)18-32(16-19(2)3)17-20-11-13-22(14-12-20)26(34)35/h6-14,19H,4-5,15-18H2,1-3H3,(H,34,35). The molecule has 0 fully saturated rings. The van der Waals surface area contributed by atoms with Crippen LogP contribution in [-0.4, -0.2) is 32.1 Å². The zero-order valence-electron chi connectivity index (χ0n) is 20.3. The molecule has 35 heavy (non-hydrogen) atoms. The molecule has 0 radical (unpaired) electrons. The minimum Gasteiger partial charge on any atom is -0.478 e. The van der Waals surface area contributed by atoms with Crippen molar-refractivity contribution in [3.8, 4) is 11.4 Å². The number of aromatic carboxylic acids is 1. The molecule has 0 bridgehead atoms. The molecule has 0 amide bonds. The van der Waals surface area contributed by atoms with Crippen molar-refractivity contribution in [2.45, 2.75) is 59.4 Å². The van der Waals surface area contributed by atoms with E-state index in [-0.39, 0.29) is 23.7 Å². The molecule has 1 heterocycles. The molecule has 0 saturated heterocycles. The molecular formula is C27H32F3N3O2. The number of aromatic nitrogens is 2. The summed E-state index contributed by atoms with van der Waals surface area (Å²) in [5, 5.41) is 9.15. The van der Waals surface area contributed by atoms with Gasteiger partial charge < -0.3 is 9.67 Å². The van der Waals surface area contributed by atoms with Gasteiger partial charge >= 0.3 is 12.1 Å². The molecule has 0 aliphatic heterocycles. The number of hydrogen-bond acceptors (Lipinski definition) is 3. The summed E-state index contributed by atoms with van der Waals surface area (Å²) in [5.74, 6) is -0.460. The van der Waals surface area contributed by atoms with Crippen LogP contribution >= 0.6 is 0 Å². The van der Waals surface area contributed by atoms with Gasteiger partial charge in [-0.25, -0.2) is 9.78 Å². The van der Waals surface area contributed by atoms with Gasteiger partial charge in [0.05, 0.1) is 11.3 Å². The summed E-state index contributed by atoms with van der Waals surface area (Å²) >= 11 is 0. The van der Waals surface area contributed by atoms with Gasteiger partial charge in [-0.3, -0.25) is 4.90 Å². The Morgan fingerprint density at radius 1 is 1.06 bits per heavy atom. The number of carboxylic acid groups (broad SMARTS) is 1. The molecule has 0 atom stereocenters. The number of benzene rings is 2. The average molecular weight is 488 g/mol. The Kier molecular flexibility index (Phi) is 8.72. The van der Waals surface area contributed by atoms with Crippen molar-refractivity contribution in [2.24, 2.45) is 5.92 Å². The van der Waals surface area contributed by atoms with E-state index in [2.05, 4.69) is 4.98 Å². The molecule has 1 aromatic heterocycles. The minimum atomic E-state index is -4.58. The third-order valence-corrected chi connectivity index (χ3v) is 5.71. The molecule has 0 unspecified atom stereocenters. The van der Waals surface area contributed by atoms with E-state index < -0.39 is 17.8 Å². The number of hydrogen-bond donors (Lipinski definition) is 1. The number of imidazole rings is 1. The zero-order chi connectivity index (χ0) is 25.6. The largest absolute Gasteiger partial charge is 0.478 e. The summed E-state index contributed by atoms with van der Waals surface area (Å²) in [6.45, 7) is 7.56. The van der Waals surface area contributed by atoms with Gasteiger partial charge in [0, 0.05) is 31.7 Å². The number of rotatable bonds is 11. The van der Waals surface area contributed by atoms with Crippen LogP contribution in [0.4, 0.5) is 13.2 Å². The third kappa shape index (κ3) is 6.94. The second-order valence-corrected chi connectivity index (χ2v) is 9.17. The number of alkyl halides is 3. The number of halogens is 3. The summed E-state index contributed by atoms with van der Waals surface area (Å²) in [5.41, 5.74) is 0.982. The predicted molar refractivity (Wildman–Crippen MR) is 130 cm³/mol. The van der Waals surface area contributed by atoms with E-state index in [1.54, 1.807) is 41.0 Å². The zero-order valence-corrected chi connectivity index (χ0v) is 20.3. The van der Waals surface area contributed by atoms with E-state index in [4.69, 9.17) is 5.11 Å². The Morgan fingerprint density at radius 3 is 2.26 bits per heavy atom. The molecule has 0 spiro atoms. The predicted octanol–water partition coefficient (Wildman–Crippen LogP) is 6.73. The Labute approximate surface area is 204 Å². The first-order valence-electron chi connectivity index (χ1n) is 11.9. The smallest absolute Gasteiger partial charge is 0.435 e. The van der Waals surface area contributed by atoms with E-state index in [0.29, 0.717) is 31.0 Å². The van der Waals surface area contributed by atoms with Gasteiger partial charge in [0.2, 0.25) is 0 Å². The number of carboxylic acids is 1. The van der Waals surface area contributed by atoms with Crippen molar-refractivity contribution in [3.05, 3.63) is 77.1 Å². The molecule has 5 nitrogen and oxygen atoms in total. The van der Waals surface area contributed by atoms with Crippen molar-refractivity contribution in [1.82, 2.24) is 14.5 Å². The van der Waals surface area contributed by atoms with Gasteiger partial charge in [-0.1, -0.05) is 69.7 Å². The summed E-state index contributed by atoms with van der Waals surface area (Å²) in [4.78, 5) is 17.3. The molecule has 0 aliphatic carbocycles. The first-order valence-corrected chi connectivity index (χ1v) is 11.9. The van der Waals surface area contributed by atoms with Crippen molar-refractivity contribution in [1.29, 1.82) is 0 Å². The van der Waals surface area contributed by atoms with Crippen LogP contribution in [0.3, 0.4) is 0 Å². The van der Waals surface area contributed by atoms with E-state index in [1.165, 1.54) is 12.1 Å². The highest BCUT2D eigenvalue weighted by molar-refractivity contribution is 5.87. The molecule has 1 N–H and O–H groups in total. The summed E-state index contributed by atoms with van der Waals surface area (Å²) < 4.78 is 44.3. The summed E-state index contributed by atoms with van der Waals surface area (Å²) in [7, 11) is 0. The lowest BCUT2D eigenvalue weighted by Crippen LogP contribution is -2.29. The van der Waals surface area contributed by atoms with Crippen molar-refractivity contribution >= 4 is 5.97 Å². The van der Waals surface area contributed by atoms with Crippen LogP contribution in [0.2, 0.25) is 0 Å².